The molecule has 1 aromatic heterocycles. The fraction of sp³-hybridized carbons (Fsp3) is 0.542. The highest BCUT2D eigenvalue weighted by Gasteiger charge is 2.27. The summed E-state index contributed by atoms with van der Waals surface area (Å²) in [4.78, 5) is 7.09. The average Bonchev–Trinajstić information content (AvgIpc) is 3.23. The molecule has 4 rings (SSSR count). The molecular formula is C24H33FN4O. The van der Waals surface area contributed by atoms with Crippen molar-refractivity contribution in [3.63, 3.8) is 0 Å². The zero-order valence-electron chi connectivity index (χ0n) is 18.0. The van der Waals surface area contributed by atoms with Crippen LogP contribution in [0.4, 0.5) is 10.2 Å². The van der Waals surface area contributed by atoms with Gasteiger partial charge in [0.2, 0.25) is 0 Å². The SMILES string of the molecule is COc1cc(C(C)N[C@H]2CC[C@@H](c3ccc(N4CCC(N)CC4)nc3)C2)ccc1F. The van der Waals surface area contributed by atoms with Crippen molar-refractivity contribution in [1.82, 2.24) is 10.3 Å². The molecule has 0 spiro atoms. The van der Waals surface area contributed by atoms with Crippen molar-refractivity contribution >= 4 is 5.82 Å². The van der Waals surface area contributed by atoms with Gasteiger partial charge in [0.1, 0.15) is 5.82 Å². The second-order valence-corrected chi connectivity index (χ2v) is 8.76. The fourth-order valence-electron chi connectivity index (χ4n) is 4.79. The maximum Gasteiger partial charge on any atom is 0.165 e. The van der Waals surface area contributed by atoms with E-state index in [2.05, 4.69) is 35.5 Å². The summed E-state index contributed by atoms with van der Waals surface area (Å²) >= 11 is 0. The van der Waals surface area contributed by atoms with Gasteiger partial charge in [0, 0.05) is 37.4 Å². The predicted octanol–water partition coefficient (Wildman–Crippen LogP) is 4.14. The number of piperidine rings is 1. The van der Waals surface area contributed by atoms with Gasteiger partial charge in [-0.2, -0.15) is 0 Å². The summed E-state index contributed by atoms with van der Waals surface area (Å²) in [5.41, 5.74) is 8.38. The average molecular weight is 413 g/mol. The van der Waals surface area contributed by atoms with Crippen LogP contribution < -0.4 is 20.7 Å². The standard InChI is InChI=1S/C24H33FN4O/c1-16(17-4-7-22(25)23(14-17)30-2)28-21-6-3-18(13-21)19-5-8-24(27-15-19)29-11-9-20(26)10-12-29/h4-5,7-8,14-16,18,20-21,28H,3,6,9-13,26H2,1-2H3/t16?,18-,21+/m1/s1. The monoisotopic (exact) mass is 412 g/mol. The molecule has 1 aliphatic carbocycles. The molecule has 0 radical (unpaired) electrons. The molecule has 3 N–H and O–H groups in total. The molecule has 2 aliphatic rings. The second kappa shape index (κ2) is 9.31. The van der Waals surface area contributed by atoms with E-state index in [1.807, 2.05) is 6.07 Å². The van der Waals surface area contributed by atoms with Crippen LogP contribution in [-0.4, -0.2) is 37.3 Å². The molecule has 2 aromatic rings. The number of halogens is 1. The van der Waals surface area contributed by atoms with Crippen LogP contribution in [0, 0.1) is 5.82 Å². The second-order valence-electron chi connectivity index (χ2n) is 8.76. The van der Waals surface area contributed by atoms with Gasteiger partial charge in [-0.15, -0.1) is 0 Å². The molecule has 1 aromatic carbocycles. The van der Waals surface area contributed by atoms with Gasteiger partial charge in [0.25, 0.3) is 0 Å². The van der Waals surface area contributed by atoms with Crippen molar-refractivity contribution in [1.29, 1.82) is 0 Å². The minimum Gasteiger partial charge on any atom is -0.494 e. The molecule has 162 valence electrons. The normalized spacial score (nSPS) is 23.5. The molecule has 1 saturated heterocycles. The Morgan fingerprint density at radius 1 is 1.17 bits per heavy atom. The van der Waals surface area contributed by atoms with Crippen molar-refractivity contribution in [2.75, 3.05) is 25.1 Å². The van der Waals surface area contributed by atoms with Crippen molar-refractivity contribution in [3.8, 4) is 5.75 Å². The number of anilines is 1. The Morgan fingerprint density at radius 3 is 2.67 bits per heavy atom. The Kier molecular flexibility index (Phi) is 6.54. The van der Waals surface area contributed by atoms with E-state index < -0.39 is 0 Å². The predicted molar refractivity (Wildman–Crippen MR) is 119 cm³/mol. The molecule has 30 heavy (non-hydrogen) atoms. The summed E-state index contributed by atoms with van der Waals surface area (Å²) in [6.07, 6.45) is 7.54. The molecular weight excluding hydrogens is 379 g/mol. The van der Waals surface area contributed by atoms with Gasteiger partial charge in [-0.3, -0.25) is 0 Å². The van der Waals surface area contributed by atoms with Gasteiger partial charge in [-0.05, 0) is 74.3 Å². The van der Waals surface area contributed by atoms with E-state index in [0.717, 1.165) is 56.6 Å². The van der Waals surface area contributed by atoms with E-state index in [1.54, 1.807) is 6.07 Å². The van der Waals surface area contributed by atoms with Gasteiger partial charge >= 0.3 is 0 Å². The number of aromatic nitrogens is 1. The molecule has 3 atom stereocenters. The number of nitrogens with zero attached hydrogens (tertiary/aromatic N) is 2. The molecule has 6 heteroatoms. The van der Waals surface area contributed by atoms with Gasteiger partial charge < -0.3 is 20.7 Å². The Balaban J connectivity index is 1.33. The lowest BCUT2D eigenvalue weighted by Gasteiger charge is -2.31. The number of rotatable bonds is 6. The number of nitrogens with one attached hydrogen (secondary N) is 1. The van der Waals surface area contributed by atoms with Gasteiger partial charge in [-0.1, -0.05) is 12.1 Å². The van der Waals surface area contributed by atoms with Gasteiger partial charge in [-0.25, -0.2) is 9.37 Å². The Hall–Kier alpha value is -2.18. The lowest BCUT2D eigenvalue weighted by molar-refractivity contribution is 0.384. The number of hydrogen-bond donors (Lipinski definition) is 2. The molecule has 1 saturated carbocycles. The topological polar surface area (TPSA) is 63.4 Å². The minimum atomic E-state index is -0.322. The summed E-state index contributed by atoms with van der Waals surface area (Å²) in [5, 5.41) is 3.71. The third kappa shape index (κ3) is 4.76. The number of hydrogen-bond acceptors (Lipinski definition) is 5. The Morgan fingerprint density at radius 2 is 1.97 bits per heavy atom. The fourth-order valence-corrected chi connectivity index (χ4v) is 4.79. The molecule has 5 nitrogen and oxygen atoms in total. The number of ether oxygens (including phenoxy) is 1. The third-order valence-electron chi connectivity index (χ3n) is 6.70. The summed E-state index contributed by atoms with van der Waals surface area (Å²) in [6.45, 7) is 4.12. The summed E-state index contributed by atoms with van der Waals surface area (Å²) < 4.78 is 18.8. The van der Waals surface area contributed by atoms with Crippen LogP contribution in [0.3, 0.4) is 0 Å². The van der Waals surface area contributed by atoms with E-state index >= 15 is 0 Å². The van der Waals surface area contributed by atoms with Crippen LogP contribution in [0.5, 0.6) is 5.75 Å². The summed E-state index contributed by atoms with van der Waals surface area (Å²) in [7, 11) is 1.50. The van der Waals surface area contributed by atoms with Crippen molar-refractivity contribution in [2.45, 2.75) is 63.1 Å². The highest BCUT2D eigenvalue weighted by Crippen LogP contribution is 2.36. The van der Waals surface area contributed by atoms with Crippen LogP contribution >= 0.6 is 0 Å². The van der Waals surface area contributed by atoms with E-state index in [0.29, 0.717) is 23.8 Å². The zero-order chi connectivity index (χ0) is 21.1. The zero-order valence-corrected chi connectivity index (χ0v) is 18.0. The first-order valence-corrected chi connectivity index (χ1v) is 11.1. The first kappa shape index (κ1) is 21.1. The maximum atomic E-state index is 13.7. The quantitative estimate of drug-likeness (QED) is 0.747. The van der Waals surface area contributed by atoms with Crippen LogP contribution in [0.1, 0.15) is 62.1 Å². The molecule has 1 unspecified atom stereocenters. The Labute approximate surface area is 178 Å². The smallest absolute Gasteiger partial charge is 0.165 e. The molecule has 1 aliphatic heterocycles. The first-order chi connectivity index (χ1) is 14.5. The number of nitrogens with two attached hydrogens (primary N) is 1. The molecule has 2 heterocycles. The maximum absolute atomic E-state index is 13.7. The van der Waals surface area contributed by atoms with Crippen molar-refractivity contribution in [2.24, 2.45) is 5.73 Å². The lowest BCUT2D eigenvalue weighted by atomic mass is 9.98. The first-order valence-electron chi connectivity index (χ1n) is 11.1. The molecule has 0 bridgehead atoms. The van der Waals surface area contributed by atoms with E-state index in [1.165, 1.54) is 18.7 Å². The van der Waals surface area contributed by atoms with Gasteiger partial charge in [0.15, 0.2) is 11.6 Å². The number of methoxy groups -OCH3 is 1. The van der Waals surface area contributed by atoms with Gasteiger partial charge in [0.05, 0.1) is 7.11 Å². The summed E-state index contributed by atoms with van der Waals surface area (Å²) in [5.74, 6) is 1.58. The van der Waals surface area contributed by atoms with Crippen LogP contribution in [0.2, 0.25) is 0 Å². The molecule has 2 fully saturated rings. The third-order valence-corrected chi connectivity index (χ3v) is 6.70. The largest absolute Gasteiger partial charge is 0.494 e. The highest BCUT2D eigenvalue weighted by molar-refractivity contribution is 5.40. The summed E-state index contributed by atoms with van der Waals surface area (Å²) in [6, 6.07) is 10.4. The van der Waals surface area contributed by atoms with Crippen LogP contribution in [0.15, 0.2) is 36.5 Å². The van der Waals surface area contributed by atoms with E-state index in [4.69, 9.17) is 15.5 Å². The highest BCUT2D eigenvalue weighted by atomic mass is 19.1. The van der Waals surface area contributed by atoms with E-state index in [-0.39, 0.29) is 11.9 Å². The van der Waals surface area contributed by atoms with Crippen molar-refractivity contribution < 1.29 is 9.13 Å². The number of pyridine rings is 1. The minimum absolute atomic E-state index is 0.147. The van der Waals surface area contributed by atoms with Crippen LogP contribution in [0.25, 0.3) is 0 Å². The van der Waals surface area contributed by atoms with Crippen LogP contribution in [-0.2, 0) is 0 Å². The number of benzene rings is 1. The van der Waals surface area contributed by atoms with E-state index in [9.17, 15) is 4.39 Å². The lowest BCUT2D eigenvalue weighted by Crippen LogP contribution is -2.40. The van der Waals surface area contributed by atoms with Crippen molar-refractivity contribution in [3.05, 3.63) is 53.5 Å². The Bertz CT molecular complexity index is 836. The molecule has 0 amide bonds.